The van der Waals surface area contributed by atoms with Gasteiger partial charge < -0.3 is 10.0 Å². The third kappa shape index (κ3) is 2.52. The summed E-state index contributed by atoms with van der Waals surface area (Å²) in [6, 6.07) is 5.76. The van der Waals surface area contributed by atoms with Gasteiger partial charge in [-0.1, -0.05) is 12.1 Å². The summed E-state index contributed by atoms with van der Waals surface area (Å²) in [5.41, 5.74) is 0.359. The lowest BCUT2D eigenvalue weighted by Crippen LogP contribution is -2.36. The fourth-order valence-electron chi connectivity index (χ4n) is 1.79. The third-order valence-corrected chi connectivity index (χ3v) is 3.07. The van der Waals surface area contributed by atoms with Gasteiger partial charge in [-0.2, -0.15) is 0 Å². The fraction of sp³-hybridized carbons (Fsp3) is 0.308. The Labute approximate surface area is 113 Å². The number of carboxylic acids is 1. The number of hydrogen-bond acceptors (Lipinski definition) is 4. The molecule has 1 aromatic heterocycles. The van der Waals surface area contributed by atoms with Crippen molar-refractivity contribution >= 4 is 22.7 Å². The van der Waals surface area contributed by atoms with Crippen molar-refractivity contribution in [2.75, 3.05) is 11.9 Å². The minimum absolute atomic E-state index is 0.181. The van der Waals surface area contributed by atoms with Crippen LogP contribution < -0.4 is 4.90 Å². The van der Waals surface area contributed by atoms with Crippen molar-refractivity contribution in [1.82, 2.24) is 9.97 Å². The van der Waals surface area contributed by atoms with E-state index in [1.165, 1.54) is 18.9 Å². The largest absolute Gasteiger partial charge is 0.480 e. The Kier molecular flexibility index (Phi) is 3.78. The molecule has 0 spiro atoms. The SMILES string of the molecule is CC(C(=O)O)N(C)c1nc(C(F)F)nc2ccccc12. The van der Waals surface area contributed by atoms with Gasteiger partial charge >= 0.3 is 5.97 Å². The number of anilines is 1. The van der Waals surface area contributed by atoms with Gasteiger partial charge in [-0.15, -0.1) is 0 Å². The maximum absolute atomic E-state index is 12.8. The molecule has 0 bridgehead atoms. The number of carbonyl (C=O) groups is 1. The van der Waals surface area contributed by atoms with E-state index in [-0.39, 0.29) is 5.82 Å². The van der Waals surface area contributed by atoms with Gasteiger partial charge in [0.2, 0.25) is 0 Å². The highest BCUT2D eigenvalue weighted by Gasteiger charge is 2.23. The Hall–Kier alpha value is -2.31. The molecule has 0 saturated heterocycles. The zero-order valence-corrected chi connectivity index (χ0v) is 10.9. The number of hydrogen-bond donors (Lipinski definition) is 1. The van der Waals surface area contributed by atoms with E-state index in [2.05, 4.69) is 9.97 Å². The molecule has 1 aromatic carbocycles. The van der Waals surface area contributed by atoms with E-state index in [0.717, 1.165) is 0 Å². The lowest BCUT2D eigenvalue weighted by atomic mass is 10.2. The third-order valence-electron chi connectivity index (χ3n) is 3.07. The summed E-state index contributed by atoms with van der Waals surface area (Å²) in [4.78, 5) is 20.0. The number of fused-ring (bicyclic) bond motifs is 1. The van der Waals surface area contributed by atoms with E-state index < -0.39 is 24.3 Å². The van der Waals surface area contributed by atoms with Crippen LogP contribution in [0.3, 0.4) is 0 Å². The maximum Gasteiger partial charge on any atom is 0.326 e. The second-order valence-corrected chi connectivity index (χ2v) is 4.35. The first-order valence-electron chi connectivity index (χ1n) is 5.92. The van der Waals surface area contributed by atoms with Gasteiger partial charge in [0.05, 0.1) is 5.52 Å². The molecule has 20 heavy (non-hydrogen) atoms. The van der Waals surface area contributed by atoms with E-state index in [4.69, 9.17) is 5.11 Å². The molecule has 0 aliphatic rings. The maximum atomic E-state index is 12.8. The Morgan fingerprint density at radius 1 is 1.30 bits per heavy atom. The molecule has 5 nitrogen and oxygen atoms in total. The van der Waals surface area contributed by atoms with Crippen molar-refractivity contribution in [2.24, 2.45) is 0 Å². The van der Waals surface area contributed by atoms with Crippen molar-refractivity contribution in [2.45, 2.75) is 19.4 Å². The topological polar surface area (TPSA) is 66.3 Å². The molecule has 1 N–H and O–H groups in total. The molecule has 0 aliphatic heterocycles. The lowest BCUT2D eigenvalue weighted by Gasteiger charge is -2.24. The fourth-order valence-corrected chi connectivity index (χ4v) is 1.79. The van der Waals surface area contributed by atoms with Crippen LogP contribution in [-0.2, 0) is 4.79 Å². The second kappa shape index (κ2) is 5.36. The normalized spacial score (nSPS) is 12.7. The van der Waals surface area contributed by atoms with Gasteiger partial charge in [-0.3, -0.25) is 0 Å². The number of benzene rings is 1. The van der Waals surface area contributed by atoms with Crippen LogP contribution in [0.4, 0.5) is 14.6 Å². The summed E-state index contributed by atoms with van der Waals surface area (Å²) in [5.74, 6) is -1.49. The first-order chi connectivity index (χ1) is 9.41. The monoisotopic (exact) mass is 281 g/mol. The van der Waals surface area contributed by atoms with Gasteiger partial charge in [-0.05, 0) is 19.1 Å². The van der Waals surface area contributed by atoms with E-state index in [0.29, 0.717) is 10.9 Å². The first kappa shape index (κ1) is 14.1. The predicted molar refractivity (Wildman–Crippen MR) is 70.0 cm³/mol. The summed E-state index contributed by atoms with van der Waals surface area (Å²) in [5, 5.41) is 9.57. The van der Waals surface area contributed by atoms with Crippen molar-refractivity contribution in [1.29, 1.82) is 0 Å². The number of alkyl halides is 2. The molecule has 2 aromatic rings. The zero-order chi connectivity index (χ0) is 14.9. The molecule has 0 radical (unpaired) electrons. The predicted octanol–water partition coefficient (Wildman–Crippen LogP) is 2.48. The summed E-state index contributed by atoms with van der Waals surface area (Å²) < 4.78 is 25.7. The number of halogens is 2. The van der Waals surface area contributed by atoms with Gasteiger partial charge in [0.1, 0.15) is 11.9 Å². The van der Waals surface area contributed by atoms with E-state index in [1.54, 1.807) is 24.3 Å². The highest BCUT2D eigenvalue weighted by atomic mass is 19.3. The van der Waals surface area contributed by atoms with Crippen LogP contribution in [0.5, 0.6) is 0 Å². The van der Waals surface area contributed by atoms with Crippen LogP contribution in [0.25, 0.3) is 10.9 Å². The van der Waals surface area contributed by atoms with Crippen LogP contribution in [0.2, 0.25) is 0 Å². The lowest BCUT2D eigenvalue weighted by molar-refractivity contribution is -0.138. The summed E-state index contributed by atoms with van der Waals surface area (Å²) in [7, 11) is 1.50. The molecule has 7 heteroatoms. The minimum atomic E-state index is -2.81. The Bertz CT molecular complexity index is 649. The number of carboxylic acid groups (broad SMARTS) is 1. The van der Waals surface area contributed by atoms with Gasteiger partial charge in [-0.25, -0.2) is 23.5 Å². The average molecular weight is 281 g/mol. The number of aliphatic carboxylic acids is 1. The number of aromatic nitrogens is 2. The molecular formula is C13H13F2N3O2. The van der Waals surface area contributed by atoms with Crippen LogP contribution >= 0.6 is 0 Å². The highest BCUT2D eigenvalue weighted by Crippen LogP contribution is 2.27. The van der Waals surface area contributed by atoms with Crippen molar-refractivity contribution in [3.05, 3.63) is 30.1 Å². The molecule has 1 atom stereocenters. The van der Waals surface area contributed by atoms with Gasteiger partial charge in [0, 0.05) is 12.4 Å². The molecule has 1 heterocycles. The highest BCUT2D eigenvalue weighted by molar-refractivity contribution is 5.91. The number of nitrogens with zero attached hydrogens (tertiary/aromatic N) is 3. The van der Waals surface area contributed by atoms with E-state index >= 15 is 0 Å². The van der Waals surface area contributed by atoms with Crippen molar-refractivity contribution in [3.8, 4) is 0 Å². The average Bonchev–Trinajstić information content (AvgIpc) is 2.44. The van der Waals surface area contributed by atoms with E-state index in [1.807, 2.05) is 0 Å². The number of rotatable bonds is 4. The molecule has 0 fully saturated rings. The van der Waals surface area contributed by atoms with Gasteiger partial charge in [0.25, 0.3) is 6.43 Å². The van der Waals surface area contributed by atoms with Crippen LogP contribution in [0, 0.1) is 0 Å². The Balaban J connectivity index is 2.63. The molecule has 1 unspecified atom stereocenters. The number of para-hydroxylation sites is 1. The second-order valence-electron chi connectivity index (χ2n) is 4.35. The minimum Gasteiger partial charge on any atom is -0.480 e. The van der Waals surface area contributed by atoms with Crippen molar-refractivity contribution in [3.63, 3.8) is 0 Å². The van der Waals surface area contributed by atoms with Crippen LogP contribution in [0.1, 0.15) is 19.2 Å². The smallest absolute Gasteiger partial charge is 0.326 e. The Morgan fingerprint density at radius 2 is 1.95 bits per heavy atom. The zero-order valence-electron chi connectivity index (χ0n) is 10.9. The molecule has 0 saturated carbocycles. The van der Waals surface area contributed by atoms with Crippen LogP contribution in [-0.4, -0.2) is 34.1 Å². The molecule has 2 rings (SSSR count). The summed E-state index contributed by atoms with van der Waals surface area (Å²) >= 11 is 0. The summed E-state index contributed by atoms with van der Waals surface area (Å²) in [6.45, 7) is 1.46. The first-order valence-corrected chi connectivity index (χ1v) is 5.92. The van der Waals surface area contributed by atoms with Crippen molar-refractivity contribution < 1.29 is 18.7 Å². The van der Waals surface area contributed by atoms with Crippen LogP contribution in [0.15, 0.2) is 24.3 Å². The quantitative estimate of drug-likeness (QED) is 0.932. The molecule has 106 valence electrons. The van der Waals surface area contributed by atoms with Gasteiger partial charge in [0.15, 0.2) is 5.82 Å². The number of likely N-dealkylation sites (N-methyl/N-ethyl adjacent to an activating group) is 1. The standard InChI is InChI=1S/C13H13F2N3O2/c1-7(13(19)20)18(2)12-8-5-3-4-6-9(8)16-11(17-12)10(14)15/h3-7,10H,1-2H3,(H,19,20). The molecular weight excluding hydrogens is 268 g/mol. The Morgan fingerprint density at radius 3 is 2.55 bits per heavy atom. The molecule has 0 aliphatic carbocycles. The van der Waals surface area contributed by atoms with E-state index in [9.17, 15) is 13.6 Å². The molecule has 0 amide bonds. The summed E-state index contributed by atoms with van der Waals surface area (Å²) in [6.07, 6.45) is -2.81.